The van der Waals surface area contributed by atoms with Gasteiger partial charge in [0.1, 0.15) is 12.2 Å². The number of nitrogens with zero attached hydrogens (tertiary/aromatic N) is 4. The van der Waals surface area contributed by atoms with E-state index in [2.05, 4.69) is 22.1 Å². The third-order valence-electron chi connectivity index (χ3n) is 1.95. The monoisotopic (exact) mass is 162 g/mol. The number of aromatic nitrogens is 4. The molecule has 0 bridgehead atoms. The van der Waals surface area contributed by atoms with E-state index < -0.39 is 0 Å². The van der Waals surface area contributed by atoms with Gasteiger partial charge in [-0.1, -0.05) is 6.92 Å². The molecule has 4 heteroatoms. The molecular formula is C8H10N4. The van der Waals surface area contributed by atoms with Crippen LogP contribution in [0.3, 0.4) is 0 Å². The summed E-state index contributed by atoms with van der Waals surface area (Å²) in [5.74, 6) is 0.882. The van der Waals surface area contributed by atoms with Crippen molar-refractivity contribution in [2.24, 2.45) is 0 Å². The molecule has 0 unspecified atom stereocenters. The predicted octanol–water partition coefficient (Wildman–Crippen LogP) is 0.995. The lowest BCUT2D eigenvalue weighted by atomic mass is 10.2. The highest BCUT2D eigenvalue weighted by molar-refractivity contribution is 5.45. The molecule has 0 N–H and O–H groups in total. The Labute approximate surface area is 70.3 Å². The van der Waals surface area contributed by atoms with Crippen molar-refractivity contribution in [2.75, 3.05) is 0 Å². The van der Waals surface area contributed by atoms with Gasteiger partial charge in [-0.2, -0.15) is 0 Å². The third-order valence-corrected chi connectivity index (χ3v) is 1.95. The van der Waals surface area contributed by atoms with Crippen LogP contribution in [0.25, 0.3) is 5.65 Å². The second-order valence-electron chi connectivity index (χ2n) is 2.71. The van der Waals surface area contributed by atoms with Crippen LogP contribution in [0.2, 0.25) is 0 Å². The van der Waals surface area contributed by atoms with Crippen molar-refractivity contribution in [3.63, 3.8) is 0 Å². The first-order chi connectivity index (χ1) is 5.83. The molecule has 0 fully saturated rings. The zero-order valence-electron chi connectivity index (χ0n) is 7.15. The van der Waals surface area contributed by atoms with Gasteiger partial charge in [0.2, 0.25) is 0 Å². The average molecular weight is 162 g/mol. The van der Waals surface area contributed by atoms with Crippen LogP contribution in [0.15, 0.2) is 12.5 Å². The van der Waals surface area contributed by atoms with Crippen LogP contribution in [-0.4, -0.2) is 19.6 Å². The normalized spacial score (nSPS) is 10.8. The maximum atomic E-state index is 4.10. The average Bonchev–Trinajstić information content (AvgIpc) is 2.48. The van der Waals surface area contributed by atoms with Crippen LogP contribution in [0.1, 0.15) is 18.3 Å². The van der Waals surface area contributed by atoms with E-state index in [-0.39, 0.29) is 0 Å². The van der Waals surface area contributed by atoms with Gasteiger partial charge < -0.3 is 0 Å². The van der Waals surface area contributed by atoms with Crippen molar-refractivity contribution < 1.29 is 0 Å². The van der Waals surface area contributed by atoms with E-state index in [0.717, 1.165) is 23.5 Å². The van der Waals surface area contributed by atoms with Crippen LogP contribution in [-0.2, 0) is 6.42 Å². The molecule has 12 heavy (non-hydrogen) atoms. The lowest BCUT2D eigenvalue weighted by molar-refractivity contribution is 0.970. The predicted molar refractivity (Wildman–Crippen MR) is 44.9 cm³/mol. The van der Waals surface area contributed by atoms with Crippen molar-refractivity contribution >= 4 is 5.65 Å². The second kappa shape index (κ2) is 2.55. The van der Waals surface area contributed by atoms with Gasteiger partial charge in [-0.3, -0.25) is 4.40 Å². The van der Waals surface area contributed by atoms with E-state index in [9.17, 15) is 0 Å². The lowest BCUT2D eigenvalue weighted by Gasteiger charge is -1.97. The minimum absolute atomic E-state index is 0.882. The Balaban J connectivity index is 2.81. The van der Waals surface area contributed by atoms with E-state index in [1.165, 1.54) is 0 Å². The fraction of sp³-hybridized carbons (Fsp3) is 0.375. The molecule has 0 amide bonds. The van der Waals surface area contributed by atoms with Crippen molar-refractivity contribution in [3.8, 4) is 0 Å². The summed E-state index contributed by atoms with van der Waals surface area (Å²) < 4.78 is 1.90. The van der Waals surface area contributed by atoms with E-state index in [0.29, 0.717) is 0 Å². The molecule has 0 saturated heterocycles. The molecule has 0 radical (unpaired) electrons. The lowest BCUT2D eigenvalue weighted by Crippen LogP contribution is -1.93. The van der Waals surface area contributed by atoms with Gasteiger partial charge in [-0.25, -0.2) is 4.98 Å². The molecule has 0 atom stereocenters. The Morgan fingerprint density at radius 1 is 1.42 bits per heavy atom. The van der Waals surface area contributed by atoms with E-state index in [1.807, 2.05) is 17.5 Å². The van der Waals surface area contributed by atoms with Gasteiger partial charge in [0.25, 0.3) is 0 Å². The smallest absolute Gasteiger partial charge is 0.166 e. The van der Waals surface area contributed by atoms with Gasteiger partial charge in [0, 0.05) is 11.8 Å². The Bertz CT molecular complexity index is 404. The molecule has 0 spiro atoms. The molecule has 4 nitrogen and oxygen atoms in total. The zero-order chi connectivity index (χ0) is 8.55. The van der Waals surface area contributed by atoms with Crippen LogP contribution >= 0.6 is 0 Å². The fourth-order valence-corrected chi connectivity index (χ4v) is 1.22. The molecule has 62 valence electrons. The fourth-order valence-electron chi connectivity index (χ4n) is 1.22. The molecule has 0 saturated carbocycles. The van der Waals surface area contributed by atoms with Crippen molar-refractivity contribution in [1.29, 1.82) is 0 Å². The van der Waals surface area contributed by atoms with Gasteiger partial charge in [0.05, 0.1) is 0 Å². The molecule has 0 aromatic carbocycles. The summed E-state index contributed by atoms with van der Waals surface area (Å²) in [6, 6.07) is 0. The standard InChI is InChI=1S/C8H10N4/c1-3-7-4-9-5-12-6(2)10-11-8(7)12/h4-5H,3H2,1-2H3. The summed E-state index contributed by atoms with van der Waals surface area (Å²) in [5.41, 5.74) is 2.06. The molecule has 2 aromatic heterocycles. The summed E-state index contributed by atoms with van der Waals surface area (Å²) in [6.07, 6.45) is 4.52. The quantitative estimate of drug-likeness (QED) is 0.628. The number of aryl methyl sites for hydroxylation is 2. The van der Waals surface area contributed by atoms with Crippen LogP contribution in [0.4, 0.5) is 0 Å². The molecule has 2 rings (SSSR count). The van der Waals surface area contributed by atoms with Crippen LogP contribution in [0.5, 0.6) is 0 Å². The Kier molecular flexibility index (Phi) is 1.53. The van der Waals surface area contributed by atoms with Gasteiger partial charge in [0.15, 0.2) is 5.65 Å². The second-order valence-corrected chi connectivity index (χ2v) is 2.71. The Morgan fingerprint density at radius 2 is 2.25 bits per heavy atom. The molecule has 0 aliphatic rings. The highest BCUT2D eigenvalue weighted by Crippen LogP contribution is 2.07. The van der Waals surface area contributed by atoms with Gasteiger partial charge >= 0.3 is 0 Å². The largest absolute Gasteiger partial charge is 0.269 e. The number of fused-ring (bicyclic) bond motifs is 1. The highest BCUT2D eigenvalue weighted by atomic mass is 15.3. The maximum Gasteiger partial charge on any atom is 0.166 e. The highest BCUT2D eigenvalue weighted by Gasteiger charge is 2.03. The van der Waals surface area contributed by atoms with Crippen molar-refractivity contribution in [2.45, 2.75) is 20.3 Å². The van der Waals surface area contributed by atoms with E-state index >= 15 is 0 Å². The zero-order valence-corrected chi connectivity index (χ0v) is 7.15. The van der Waals surface area contributed by atoms with Crippen LogP contribution < -0.4 is 0 Å². The molecular weight excluding hydrogens is 152 g/mol. The third kappa shape index (κ3) is 0.879. The molecule has 2 aromatic rings. The van der Waals surface area contributed by atoms with E-state index in [1.54, 1.807) is 6.33 Å². The first kappa shape index (κ1) is 7.21. The number of rotatable bonds is 1. The minimum Gasteiger partial charge on any atom is -0.269 e. The number of hydrogen-bond acceptors (Lipinski definition) is 3. The first-order valence-electron chi connectivity index (χ1n) is 3.97. The van der Waals surface area contributed by atoms with Crippen LogP contribution in [0, 0.1) is 6.92 Å². The summed E-state index contributed by atoms with van der Waals surface area (Å²) in [5, 5.41) is 8.04. The molecule has 0 aliphatic carbocycles. The summed E-state index contributed by atoms with van der Waals surface area (Å²) in [4.78, 5) is 4.10. The van der Waals surface area contributed by atoms with Gasteiger partial charge in [-0.15, -0.1) is 10.2 Å². The van der Waals surface area contributed by atoms with Gasteiger partial charge in [-0.05, 0) is 13.3 Å². The maximum absolute atomic E-state index is 4.10. The van der Waals surface area contributed by atoms with E-state index in [4.69, 9.17) is 0 Å². The summed E-state index contributed by atoms with van der Waals surface area (Å²) >= 11 is 0. The molecule has 2 heterocycles. The summed E-state index contributed by atoms with van der Waals surface area (Å²) in [6.45, 7) is 4.00. The van der Waals surface area contributed by atoms with Crippen molar-refractivity contribution in [3.05, 3.63) is 23.9 Å². The first-order valence-corrected chi connectivity index (χ1v) is 3.97. The molecule has 0 aliphatic heterocycles. The minimum atomic E-state index is 0.882. The Morgan fingerprint density at radius 3 is 3.00 bits per heavy atom. The summed E-state index contributed by atoms with van der Waals surface area (Å²) in [7, 11) is 0. The van der Waals surface area contributed by atoms with Crippen molar-refractivity contribution in [1.82, 2.24) is 19.6 Å². The SMILES string of the molecule is CCc1cncn2c(C)nnc12. The number of hydrogen-bond donors (Lipinski definition) is 0. The Hall–Kier alpha value is -1.45. The topological polar surface area (TPSA) is 43.1 Å².